The molecule has 0 fully saturated rings. The predicted octanol–water partition coefficient (Wildman–Crippen LogP) is 2.59. The van der Waals surface area contributed by atoms with E-state index in [1.54, 1.807) is 37.5 Å². The minimum atomic E-state index is -0.642. The van der Waals surface area contributed by atoms with Gasteiger partial charge in [-0.25, -0.2) is 4.79 Å². The van der Waals surface area contributed by atoms with Crippen LogP contribution >= 0.6 is 0 Å². The van der Waals surface area contributed by atoms with Crippen molar-refractivity contribution >= 4 is 17.6 Å². The van der Waals surface area contributed by atoms with Crippen LogP contribution in [0.25, 0.3) is 0 Å². The van der Waals surface area contributed by atoms with Gasteiger partial charge in [0.2, 0.25) is 0 Å². The fourth-order valence-electron chi connectivity index (χ4n) is 2.45. The average Bonchev–Trinajstić information content (AvgIpc) is 2.60. The zero-order valence-corrected chi connectivity index (χ0v) is 13.3. The van der Waals surface area contributed by atoms with Crippen molar-refractivity contribution in [1.29, 1.82) is 0 Å². The molecule has 0 saturated heterocycles. The highest BCUT2D eigenvalue weighted by atomic mass is 16.5. The number of benzene rings is 1. The number of rotatable bonds is 5. The Morgan fingerprint density at radius 1 is 1.33 bits per heavy atom. The summed E-state index contributed by atoms with van der Waals surface area (Å²) in [6, 6.07) is 8.88. The van der Waals surface area contributed by atoms with Crippen LogP contribution in [0.3, 0.4) is 0 Å². The molecule has 1 aromatic heterocycles. The summed E-state index contributed by atoms with van der Waals surface area (Å²) < 4.78 is 10.9. The van der Waals surface area contributed by atoms with Crippen molar-refractivity contribution in [3.05, 3.63) is 53.9 Å². The first-order valence-electron chi connectivity index (χ1n) is 7.81. The molecule has 3 rings (SSSR count). The Morgan fingerprint density at radius 2 is 2.21 bits per heavy atom. The molecule has 1 aliphatic heterocycles. The van der Waals surface area contributed by atoms with Gasteiger partial charge >= 0.3 is 5.97 Å². The Bertz CT molecular complexity index is 746. The lowest BCUT2D eigenvalue weighted by Gasteiger charge is -2.24. The van der Waals surface area contributed by atoms with Crippen LogP contribution in [0.2, 0.25) is 0 Å². The number of hydrogen-bond donors (Lipinski definition) is 1. The van der Waals surface area contributed by atoms with Crippen LogP contribution in [0.15, 0.2) is 42.7 Å². The molecular formula is C18H18N2O4. The molecule has 124 valence electrons. The van der Waals surface area contributed by atoms with Crippen molar-refractivity contribution in [2.24, 2.45) is 0 Å². The number of esters is 1. The highest BCUT2D eigenvalue weighted by molar-refractivity contribution is 6.02. The summed E-state index contributed by atoms with van der Waals surface area (Å²) in [6.45, 7) is 1.94. The molecule has 6 nitrogen and oxygen atoms in total. The lowest BCUT2D eigenvalue weighted by Crippen LogP contribution is -2.35. The molecule has 0 aliphatic carbocycles. The van der Waals surface area contributed by atoms with Crippen LogP contribution in [-0.2, 0) is 16.0 Å². The zero-order valence-electron chi connectivity index (χ0n) is 13.3. The van der Waals surface area contributed by atoms with Crippen LogP contribution in [0.4, 0.5) is 5.69 Å². The van der Waals surface area contributed by atoms with E-state index in [2.05, 4.69) is 10.3 Å². The van der Waals surface area contributed by atoms with Gasteiger partial charge in [0, 0.05) is 12.4 Å². The van der Waals surface area contributed by atoms with Crippen molar-refractivity contribution in [2.75, 3.05) is 11.9 Å². The molecule has 24 heavy (non-hydrogen) atoms. The normalized spacial score (nSPS) is 15.9. The number of para-hydroxylation sites is 1. The molecule has 2 aromatic rings. The molecule has 0 spiro atoms. The van der Waals surface area contributed by atoms with E-state index in [1.165, 1.54) is 0 Å². The van der Waals surface area contributed by atoms with E-state index in [9.17, 15) is 9.59 Å². The largest absolute Gasteiger partial charge is 0.478 e. The minimum absolute atomic E-state index is 0.232. The Kier molecular flexibility index (Phi) is 4.74. The molecule has 1 amide bonds. The third-order valence-corrected chi connectivity index (χ3v) is 3.72. The number of nitrogens with one attached hydrogen (secondary N) is 1. The number of anilines is 1. The van der Waals surface area contributed by atoms with E-state index in [0.29, 0.717) is 30.0 Å². The molecule has 1 aliphatic rings. The van der Waals surface area contributed by atoms with Gasteiger partial charge in [0.1, 0.15) is 5.56 Å². The number of nitrogens with zero attached hydrogens (tertiary/aromatic N) is 1. The van der Waals surface area contributed by atoms with E-state index in [0.717, 1.165) is 12.0 Å². The highest BCUT2D eigenvalue weighted by Gasteiger charge is 2.28. The second-order valence-electron chi connectivity index (χ2n) is 5.53. The van der Waals surface area contributed by atoms with E-state index >= 15 is 0 Å². The van der Waals surface area contributed by atoms with Crippen LogP contribution in [0, 0.1) is 0 Å². The Morgan fingerprint density at radius 3 is 3.00 bits per heavy atom. The van der Waals surface area contributed by atoms with Crippen molar-refractivity contribution < 1.29 is 19.1 Å². The maximum atomic E-state index is 12.3. The number of aromatic nitrogens is 1. The minimum Gasteiger partial charge on any atom is -0.478 e. The fraction of sp³-hybridized carbons (Fsp3) is 0.278. The van der Waals surface area contributed by atoms with Crippen molar-refractivity contribution in [1.82, 2.24) is 4.98 Å². The quantitative estimate of drug-likeness (QED) is 0.675. The van der Waals surface area contributed by atoms with Crippen molar-refractivity contribution in [3.63, 3.8) is 0 Å². The van der Waals surface area contributed by atoms with Gasteiger partial charge in [-0.2, -0.15) is 0 Å². The summed E-state index contributed by atoms with van der Waals surface area (Å²) in [6.07, 6.45) is 4.38. The van der Waals surface area contributed by atoms with Gasteiger partial charge in [0.25, 0.3) is 5.91 Å². The summed E-state index contributed by atoms with van der Waals surface area (Å²) in [5, 5.41) is 2.72. The number of hydrogen-bond acceptors (Lipinski definition) is 5. The summed E-state index contributed by atoms with van der Waals surface area (Å²) in [7, 11) is 0. The number of ether oxygens (including phenoxy) is 2. The van der Waals surface area contributed by atoms with Gasteiger partial charge in [0.15, 0.2) is 11.9 Å². The molecule has 0 saturated carbocycles. The van der Waals surface area contributed by atoms with Crippen LogP contribution in [0.5, 0.6) is 5.75 Å². The summed E-state index contributed by atoms with van der Waals surface area (Å²) in [4.78, 5) is 28.0. The van der Waals surface area contributed by atoms with Crippen molar-refractivity contribution in [3.8, 4) is 5.75 Å². The molecule has 2 heterocycles. The van der Waals surface area contributed by atoms with Gasteiger partial charge in [0.05, 0.1) is 12.3 Å². The number of carbonyl (C=O) groups excluding carboxylic acids is 2. The fourth-order valence-corrected chi connectivity index (χ4v) is 2.45. The number of pyridine rings is 1. The Hall–Kier alpha value is -2.89. The number of fused-ring (bicyclic) bond motifs is 1. The highest BCUT2D eigenvalue weighted by Crippen LogP contribution is 2.33. The van der Waals surface area contributed by atoms with Gasteiger partial charge in [-0.3, -0.25) is 9.78 Å². The van der Waals surface area contributed by atoms with Crippen LogP contribution < -0.4 is 10.1 Å². The van der Waals surface area contributed by atoms with Gasteiger partial charge in [-0.15, -0.1) is 0 Å². The zero-order chi connectivity index (χ0) is 16.9. The van der Waals surface area contributed by atoms with E-state index in [1.807, 2.05) is 12.1 Å². The number of carbonyl (C=O) groups is 2. The maximum absolute atomic E-state index is 12.3. The smallest absolute Gasteiger partial charge is 0.342 e. The third-order valence-electron chi connectivity index (χ3n) is 3.72. The van der Waals surface area contributed by atoms with Crippen molar-refractivity contribution in [2.45, 2.75) is 25.9 Å². The predicted molar refractivity (Wildman–Crippen MR) is 88.0 cm³/mol. The van der Waals surface area contributed by atoms with Crippen LogP contribution in [0.1, 0.15) is 29.3 Å². The number of aryl methyl sites for hydroxylation is 1. The lowest BCUT2D eigenvalue weighted by atomic mass is 10.1. The third kappa shape index (κ3) is 3.53. The molecule has 0 unspecified atom stereocenters. The van der Waals surface area contributed by atoms with Gasteiger partial charge < -0.3 is 14.8 Å². The SMILES string of the molecule is C[C@@H]1Oc2c(cccc2C(=O)OCCCc2cccnc2)NC1=O. The summed E-state index contributed by atoms with van der Waals surface area (Å²) in [5.74, 6) is -0.326. The second kappa shape index (κ2) is 7.12. The van der Waals surface area contributed by atoms with Gasteiger partial charge in [-0.1, -0.05) is 12.1 Å². The molecule has 0 radical (unpaired) electrons. The average molecular weight is 326 g/mol. The molecular weight excluding hydrogens is 308 g/mol. The monoisotopic (exact) mass is 326 g/mol. The lowest BCUT2D eigenvalue weighted by molar-refractivity contribution is -0.122. The molecule has 1 N–H and O–H groups in total. The van der Waals surface area contributed by atoms with E-state index < -0.39 is 12.1 Å². The molecule has 0 bridgehead atoms. The van der Waals surface area contributed by atoms with E-state index in [-0.39, 0.29) is 5.91 Å². The number of amides is 1. The molecule has 1 atom stereocenters. The van der Waals surface area contributed by atoms with Gasteiger partial charge in [-0.05, 0) is 43.5 Å². The maximum Gasteiger partial charge on any atom is 0.342 e. The summed E-state index contributed by atoms with van der Waals surface area (Å²) in [5.41, 5.74) is 1.91. The van der Waals surface area contributed by atoms with Crippen LogP contribution in [-0.4, -0.2) is 29.6 Å². The first-order chi connectivity index (χ1) is 11.6. The second-order valence-corrected chi connectivity index (χ2v) is 5.53. The Labute approximate surface area is 139 Å². The standard InChI is InChI=1S/C18H18N2O4/c1-12-17(21)20-15-8-2-7-14(16(15)24-12)18(22)23-10-4-6-13-5-3-9-19-11-13/h2-3,5,7-9,11-12H,4,6,10H2,1H3,(H,20,21)/t12-/m0/s1. The first-order valence-corrected chi connectivity index (χ1v) is 7.81. The summed E-state index contributed by atoms with van der Waals surface area (Å²) >= 11 is 0. The Balaban J connectivity index is 1.60. The first kappa shape index (κ1) is 16.0. The van der Waals surface area contributed by atoms with E-state index in [4.69, 9.17) is 9.47 Å². The topological polar surface area (TPSA) is 77.5 Å². The molecule has 1 aromatic carbocycles. The molecule has 6 heteroatoms.